The van der Waals surface area contributed by atoms with Crippen LogP contribution in [0, 0.1) is 5.92 Å². The molecule has 4 rings (SSSR count). The average molecular weight is 455 g/mol. The number of nitrogens with zero attached hydrogens (tertiary/aromatic N) is 4. The number of hydrogen-bond acceptors (Lipinski definition) is 6. The Morgan fingerprint density at radius 3 is 2.50 bits per heavy atom. The quantitative estimate of drug-likeness (QED) is 0.511. The second-order valence-corrected chi connectivity index (χ2v) is 10.2. The lowest BCUT2D eigenvalue weighted by molar-refractivity contribution is 0.404. The fourth-order valence-electron chi connectivity index (χ4n) is 4.27. The van der Waals surface area contributed by atoms with Crippen LogP contribution in [-0.4, -0.2) is 34.7 Å². The maximum atomic E-state index is 13.0. The van der Waals surface area contributed by atoms with E-state index in [2.05, 4.69) is 32.4 Å². The normalized spacial score (nSPS) is 15.7. The molecule has 1 aliphatic carbocycles. The first-order chi connectivity index (χ1) is 15.4. The maximum absolute atomic E-state index is 13.0. The average Bonchev–Trinajstić information content (AvgIpc) is 3.45. The van der Waals surface area contributed by atoms with Crippen LogP contribution in [0.4, 0.5) is 5.69 Å². The molecular weight excluding hydrogens is 424 g/mol. The predicted molar refractivity (Wildman–Crippen MR) is 124 cm³/mol. The molecule has 1 aromatic heterocycles. The zero-order chi connectivity index (χ0) is 22.6. The summed E-state index contributed by atoms with van der Waals surface area (Å²) < 4.78 is 28.7. The van der Waals surface area contributed by atoms with Crippen LogP contribution in [0.15, 0.2) is 53.4 Å². The number of aryl methyl sites for hydroxylation is 1. The number of hydrogen-bond donors (Lipinski definition) is 2. The van der Waals surface area contributed by atoms with Gasteiger partial charge in [-0.2, -0.15) is 4.80 Å². The van der Waals surface area contributed by atoms with Crippen molar-refractivity contribution >= 4 is 15.7 Å². The van der Waals surface area contributed by atoms with E-state index in [9.17, 15) is 8.42 Å². The number of benzene rings is 2. The van der Waals surface area contributed by atoms with Crippen molar-refractivity contribution in [2.24, 2.45) is 13.0 Å². The van der Waals surface area contributed by atoms with Gasteiger partial charge in [0, 0.05) is 18.2 Å². The monoisotopic (exact) mass is 454 g/mol. The number of aromatic nitrogens is 4. The van der Waals surface area contributed by atoms with Crippen LogP contribution >= 0.6 is 0 Å². The summed E-state index contributed by atoms with van der Waals surface area (Å²) in [7, 11) is -2.04. The number of nitrogens with one attached hydrogen (secondary N) is 2. The molecule has 2 aromatic carbocycles. The van der Waals surface area contributed by atoms with Gasteiger partial charge in [0.15, 0.2) is 0 Å². The summed E-state index contributed by atoms with van der Waals surface area (Å²) >= 11 is 0. The Labute approximate surface area is 189 Å². The van der Waals surface area contributed by atoms with E-state index in [0.29, 0.717) is 29.7 Å². The standard InChI is InChI=1S/C23H30N6O2S/c1-17(15-18-7-3-4-8-18)24-16-20-9-5-6-10-22(20)27-32(30,31)21-13-11-19(12-14-21)23-25-28-29(2)26-23/h5-6,9-14,17-18,24,27H,3-4,7-8,15-16H2,1-2H3/t17-/m0/s1. The van der Waals surface area contributed by atoms with Gasteiger partial charge < -0.3 is 5.32 Å². The molecule has 3 aromatic rings. The SMILES string of the molecule is C[C@@H](CC1CCCC1)NCc1ccccc1NS(=O)(=O)c1ccc(-c2nnn(C)n2)cc1. The highest BCUT2D eigenvalue weighted by Gasteiger charge is 2.19. The molecule has 0 aliphatic heterocycles. The first-order valence-electron chi connectivity index (χ1n) is 11.1. The lowest BCUT2D eigenvalue weighted by atomic mass is 9.99. The van der Waals surface area contributed by atoms with E-state index in [-0.39, 0.29) is 4.90 Å². The van der Waals surface area contributed by atoms with Gasteiger partial charge in [0.25, 0.3) is 10.0 Å². The van der Waals surface area contributed by atoms with Crippen molar-refractivity contribution in [3.05, 3.63) is 54.1 Å². The minimum atomic E-state index is -3.73. The molecule has 1 aliphatic rings. The van der Waals surface area contributed by atoms with E-state index in [1.54, 1.807) is 37.4 Å². The van der Waals surface area contributed by atoms with Crippen molar-refractivity contribution < 1.29 is 8.42 Å². The number of para-hydroxylation sites is 1. The molecule has 0 unspecified atom stereocenters. The van der Waals surface area contributed by atoms with Crippen LogP contribution in [0.1, 0.15) is 44.6 Å². The number of rotatable bonds is 9. The van der Waals surface area contributed by atoms with Gasteiger partial charge in [0.1, 0.15) is 0 Å². The Bertz CT molecular complexity index is 1140. The first kappa shape index (κ1) is 22.4. The van der Waals surface area contributed by atoms with Crippen LogP contribution in [0.5, 0.6) is 0 Å². The van der Waals surface area contributed by atoms with Crippen molar-refractivity contribution in [3.8, 4) is 11.4 Å². The minimum Gasteiger partial charge on any atom is -0.310 e. The summed E-state index contributed by atoms with van der Waals surface area (Å²) in [5.74, 6) is 1.26. The van der Waals surface area contributed by atoms with Crippen molar-refractivity contribution in [2.75, 3.05) is 4.72 Å². The van der Waals surface area contributed by atoms with Crippen molar-refractivity contribution in [1.29, 1.82) is 0 Å². The lowest BCUT2D eigenvalue weighted by Gasteiger charge is -2.19. The predicted octanol–water partition coefficient (Wildman–Crippen LogP) is 3.74. The van der Waals surface area contributed by atoms with E-state index in [1.807, 2.05) is 18.2 Å². The molecule has 0 saturated heterocycles. The smallest absolute Gasteiger partial charge is 0.261 e. The topological polar surface area (TPSA) is 102 Å². The molecule has 8 nitrogen and oxygen atoms in total. The van der Waals surface area contributed by atoms with E-state index < -0.39 is 10.0 Å². The van der Waals surface area contributed by atoms with Crippen LogP contribution in [0.3, 0.4) is 0 Å². The third kappa shape index (κ3) is 5.52. The molecule has 9 heteroatoms. The Balaban J connectivity index is 1.42. The van der Waals surface area contributed by atoms with Crippen molar-refractivity contribution in [1.82, 2.24) is 25.5 Å². The van der Waals surface area contributed by atoms with Crippen LogP contribution in [0.25, 0.3) is 11.4 Å². The number of sulfonamides is 1. The molecule has 170 valence electrons. The molecule has 0 bridgehead atoms. The van der Waals surface area contributed by atoms with Crippen LogP contribution < -0.4 is 10.0 Å². The van der Waals surface area contributed by atoms with Crippen molar-refractivity contribution in [3.63, 3.8) is 0 Å². The third-order valence-electron chi connectivity index (χ3n) is 6.00. The highest BCUT2D eigenvalue weighted by molar-refractivity contribution is 7.92. The zero-order valence-corrected chi connectivity index (χ0v) is 19.3. The summed E-state index contributed by atoms with van der Waals surface area (Å²) in [6, 6.07) is 14.4. The summed E-state index contributed by atoms with van der Waals surface area (Å²) in [5.41, 5.74) is 2.22. The zero-order valence-electron chi connectivity index (χ0n) is 18.5. The molecule has 1 atom stereocenters. The molecular formula is C23H30N6O2S. The maximum Gasteiger partial charge on any atom is 0.261 e. The van der Waals surface area contributed by atoms with Gasteiger partial charge in [0.05, 0.1) is 17.6 Å². The number of anilines is 1. The van der Waals surface area contributed by atoms with Crippen molar-refractivity contribution in [2.45, 2.75) is 56.5 Å². The van der Waals surface area contributed by atoms with Gasteiger partial charge >= 0.3 is 0 Å². The molecule has 1 heterocycles. The van der Waals surface area contributed by atoms with Gasteiger partial charge in [-0.05, 0) is 60.4 Å². The Morgan fingerprint density at radius 2 is 1.81 bits per heavy atom. The van der Waals surface area contributed by atoms with Gasteiger partial charge in [0.2, 0.25) is 5.82 Å². The minimum absolute atomic E-state index is 0.183. The van der Waals surface area contributed by atoms with Gasteiger partial charge in [-0.1, -0.05) is 43.9 Å². The molecule has 0 spiro atoms. The lowest BCUT2D eigenvalue weighted by Crippen LogP contribution is -2.28. The van der Waals surface area contributed by atoms with Gasteiger partial charge in [-0.3, -0.25) is 4.72 Å². The Morgan fingerprint density at radius 1 is 1.09 bits per heavy atom. The molecule has 0 amide bonds. The van der Waals surface area contributed by atoms with Gasteiger partial charge in [-0.25, -0.2) is 8.42 Å². The highest BCUT2D eigenvalue weighted by atomic mass is 32.2. The Hall–Kier alpha value is -2.78. The first-order valence-corrected chi connectivity index (χ1v) is 12.6. The van der Waals surface area contributed by atoms with E-state index in [1.165, 1.54) is 36.9 Å². The summed E-state index contributed by atoms with van der Waals surface area (Å²) in [5, 5.41) is 15.5. The molecule has 32 heavy (non-hydrogen) atoms. The fourth-order valence-corrected chi connectivity index (χ4v) is 5.37. The third-order valence-corrected chi connectivity index (χ3v) is 7.38. The second kappa shape index (κ2) is 9.79. The van der Waals surface area contributed by atoms with E-state index in [4.69, 9.17) is 0 Å². The number of tetrazole rings is 1. The molecule has 2 N–H and O–H groups in total. The second-order valence-electron chi connectivity index (χ2n) is 8.56. The summed E-state index contributed by atoms with van der Waals surface area (Å²) in [6.45, 7) is 2.82. The van der Waals surface area contributed by atoms with Crippen LogP contribution in [0.2, 0.25) is 0 Å². The molecule has 1 saturated carbocycles. The molecule has 0 radical (unpaired) electrons. The highest BCUT2D eigenvalue weighted by Crippen LogP contribution is 2.29. The summed E-state index contributed by atoms with van der Waals surface area (Å²) in [4.78, 5) is 1.55. The summed E-state index contributed by atoms with van der Waals surface area (Å²) in [6.07, 6.45) is 6.51. The van der Waals surface area contributed by atoms with E-state index >= 15 is 0 Å². The van der Waals surface area contributed by atoms with Gasteiger partial charge in [-0.15, -0.1) is 10.2 Å². The fraction of sp³-hybridized carbons (Fsp3) is 0.435. The molecule has 1 fully saturated rings. The Kier molecular flexibility index (Phi) is 6.86. The van der Waals surface area contributed by atoms with E-state index in [0.717, 1.165) is 11.5 Å². The van der Waals surface area contributed by atoms with Crippen LogP contribution in [-0.2, 0) is 23.6 Å². The largest absolute Gasteiger partial charge is 0.310 e.